The zero-order valence-electron chi connectivity index (χ0n) is 62.1. The number of anilines is 2. The van der Waals surface area contributed by atoms with Crippen LogP contribution in [-0.4, -0.2) is 155 Å². The summed E-state index contributed by atoms with van der Waals surface area (Å²) in [6.45, 7) is 19.7. The highest BCUT2D eigenvalue weighted by Crippen LogP contribution is 2.37. The summed E-state index contributed by atoms with van der Waals surface area (Å²) in [5, 5.41) is 36.4. The van der Waals surface area contributed by atoms with E-state index in [1.165, 1.54) is 78.8 Å². The second-order valence-electron chi connectivity index (χ2n) is 28.1. The molecule has 574 valence electrons. The Hall–Kier alpha value is -11.5. The van der Waals surface area contributed by atoms with E-state index in [1.54, 1.807) is 50.2 Å². The molecule has 0 unspecified atom stereocenters. The van der Waals surface area contributed by atoms with Crippen LogP contribution < -0.4 is 48.0 Å². The van der Waals surface area contributed by atoms with Crippen molar-refractivity contribution in [3.8, 4) is 5.75 Å². The van der Waals surface area contributed by atoms with Gasteiger partial charge < -0.3 is 57.3 Å². The maximum atomic E-state index is 14.9. The number of phenolic OH excluding ortho intramolecular Hbond substituents is 1. The SMILES string of the molecule is C=C(OC(=O)CC(C)(C)c1c(C)cc(C)cc1NC(=O)[C@H](CC(C)C)NC(=O)[C@H](Cc1ccc(O)cc1)NC(=O)[C@H](CCc1ccccc1)NC(=O)CNC(=O)[C@H](CC(C)C)NC(=O)[C@@H]1CCCN1C(C)=O)C(=O)c1ccc(CC(=O)NCCNC(=O)c2ccc(NN=Cc3ccccc3S(=O)(=O)O)nc2)cc1. The largest absolute Gasteiger partial charge is 0.508 e. The summed E-state index contributed by atoms with van der Waals surface area (Å²) in [5.74, 6) is -7.14. The third-order valence-electron chi connectivity index (χ3n) is 17.7. The average molecular weight is 1500 g/mol. The Morgan fingerprint density at radius 2 is 1.31 bits per heavy atom. The minimum absolute atomic E-state index is 0.0435. The Kier molecular flexibility index (Phi) is 30.4. The number of carbonyl (C=O) groups excluding carboxylic acids is 11. The molecule has 9 amide bonds. The number of amides is 9. The number of hydrogen-bond donors (Lipinski definition) is 11. The number of Topliss-reactive ketones (excluding diaryl/α,β-unsaturated/α-hetero) is 1. The number of ketones is 1. The van der Waals surface area contributed by atoms with Crippen LogP contribution in [0.25, 0.3) is 0 Å². The standard InChI is InChI=1S/C79H96N12O16S/c1-47(2)37-62(89-78(103)65-20-16-36-91(65)52(8)92)74(99)83-46-69(95)85-60(32-26-53-17-12-11-13-18-53)75(100)88-64(41-54-24-30-59(93)31-25-54)77(102)87-63(38-48(3)4)76(101)86-61-40-49(5)39-50(6)71(61)79(9,10)43-70(96)107-51(7)72(97)56-27-22-55(23-28-56)42-68(94)80-34-35-81-73(98)58-29-33-67(82-44-58)90-84-45-57-19-14-15-21-66(57)108(104,105)106/h11-15,17-19,21-25,27-31,33,39-40,44-45,47-48,60,62-65,93H,7,16,20,26,32,34-38,41-43,46H2,1-6,8-10H3,(H,80,94)(H,81,98)(H,82,90)(H,83,99)(H,85,95)(H,86,101)(H,87,102)(H,88,100)(H,89,103)(H,104,105,106)/t60-,62-,63-,64-,65-/m0/s1. The van der Waals surface area contributed by atoms with E-state index in [4.69, 9.17) is 4.74 Å². The van der Waals surface area contributed by atoms with Gasteiger partial charge in [0, 0.05) is 61.4 Å². The lowest BCUT2D eigenvalue weighted by Crippen LogP contribution is -2.58. The number of rotatable bonds is 37. The van der Waals surface area contributed by atoms with Crippen molar-refractivity contribution in [2.45, 2.75) is 161 Å². The summed E-state index contributed by atoms with van der Waals surface area (Å²) in [5.41, 5.74) is 6.22. The predicted molar refractivity (Wildman–Crippen MR) is 406 cm³/mol. The van der Waals surface area contributed by atoms with Gasteiger partial charge >= 0.3 is 5.97 Å². The van der Waals surface area contributed by atoms with Crippen LogP contribution in [0.4, 0.5) is 11.5 Å². The van der Waals surface area contributed by atoms with Gasteiger partial charge in [0.05, 0.1) is 31.2 Å². The zero-order valence-corrected chi connectivity index (χ0v) is 62.9. The van der Waals surface area contributed by atoms with Crippen molar-refractivity contribution < 1.29 is 75.6 Å². The zero-order chi connectivity index (χ0) is 79.0. The number of ether oxygens (including phenoxy) is 1. The van der Waals surface area contributed by atoms with Gasteiger partial charge in [0.2, 0.25) is 53.0 Å². The molecule has 7 rings (SSSR count). The molecule has 1 aromatic heterocycles. The van der Waals surface area contributed by atoms with Crippen LogP contribution >= 0.6 is 0 Å². The lowest BCUT2D eigenvalue weighted by atomic mass is 9.77. The van der Waals surface area contributed by atoms with Gasteiger partial charge in [-0.15, -0.1) is 0 Å². The molecule has 1 aliphatic heterocycles. The van der Waals surface area contributed by atoms with E-state index < -0.39 is 111 Å². The molecular formula is C79H96N12O16S. The molecule has 108 heavy (non-hydrogen) atoms. The van der Waals surface area contributed by atoms with Crippen molar-refractivity contribution in [2.24, 2.45) is 16.9 Å². The van der Waals surface area contributed by atoms with Crippen molar-refractivity contribution in [2.75, 3.05) is 36.9 Å². The van der Waals surface area contributed by atoms with Crippen LogP contribution in [0.1, 0.15) is 147 Å². The molecule has 1 aliphatic rings. The molecule has 1 fully saturated rings. The number of aromatic nitrogens is 1. The number of phenols is 1. The minimum Gasteiger partial charge on any atom is -0.508 e. The van der Waals surface area contributed by atoms with Gasteiger partial charge in [0.25, 0.3) is 16.0 Å². The number of esters is 1. The normalized spacial score (nSPS) is 14.0. The molecule has 29 heteroatoms. The average Bonchev–Trinajstić information content (AvgIpc) is 1.26. The Bertz CT molecular complexity index is 4400. The lowest BCUT2D eigenvalue weighted by molar-refractivity contribution is -0.140. The summed E-state index contributed by atoms with van der Waals surface area (Å²) in [4.78, 5) is 156. The number of aryl methyl sites for hydroxylation is 3. The topological polar surface area (TPSA) is 408 Å². The number of likely N-dealkylation sites (tertiary alicyclic amines) is 1. The fourth-order valence-electron chi connectivity index (χ4n) is 12.6. The van der Waals surface area contributed by atoms with Gasteiger partial charge in [-0.25, -0.2) is 4.98 Å². The van der Waals surface area contributed by atoms with Crippen molar-refractivity contribution in [1.82, 2.24) is 47.1 Å². The van der Waals surface area contributed by atoms with E-state index in [-0.39, 0.29) is 108 Å². The lowest BCUT2D eigenvalue weighted by Gasteiger charge is -2.30. The highest BCUT2D eigenvalue weighted by atomic mass is 32.2. The van der Waals surface area contributed by atoms with E-state index in [9.17, 15) is 70.8 Å². The molecule has 2 heterocycles. The Labute approximate surface area is 628 Å². The van der Waals surface area contributed by atoms with Crippen LogP contribution in [0.2, 0.25) is 0 Å². The van der Waals surface area contributed by atoms with Gasteiger partial charge in [-0.3, -0.25) is 62.7 Å². The molecule has 11 N–H and O–H groups in total. The molecule has 0 bridgehead atoms. The summed E-state index contributed by atoms with van der Waals surface area (Å²) in [7, 11) is -4.48. The highest BCUT2D eigenvalue weighted by molar-refractivity contribution is 7.86. The smallest absolute Gasteiger partial charge is 0.312 e. The Morgan fingerprint density at radius 3 is 1.96 bits per heavy atom. The molecule has 5 atom stereocenters. The Morgan fingerprint density at radius 1 is 0.694 bits per heavy atom. The fourth-order valence-corrected chi connectivity index (χ4v) is 13.2. The molecular weight excluding hydrogens is 1410 g/mol. The number of nitrogens with zero attached hydrogens (tertiary/aromatic N) is 3. The molecule has 0 spiro atoms. The number of pyridine rings is 1. The maximum Gasteiger partial charge on any atom is 0.312 e. The first kappa shape index (κ1) is 83.8. The number of hydrazone groups is 1. The minimum atomic E-state index is -4.48. The number of benzene rings is 5. The third-order valence-corrected chi connectivity index (χ3v) is 18.6. The second-order valence-corrected chi connectivity index (χ2v) is 29.5. The monoisotopic (exact) mass is 1500 g/mol. The van der Waals surface area contributed by atoms with Crippen LogP contribution in [0.3, 0.4) is 0 Å². The summed E-state index contributed by atoms with van der Waals surface area (Å²) >= 11 is 0. The highest BCUT2D eigenvalue weighted by Gasteiger charge is 2.37. The van der Waals surface area contributed by atoms with Gasteiger partial charge in [-0.2, -0.15) is 13.5 Å². The first-order valence-corrected chi connectivity index (χ1v) is 37.0. The van der Waals surface area contributed by atoms with Crippen LogP contribution in [0, 0.1) is 25.7 Å². The molecule has 1 saturated heterocycles. The van der Waals surface area contributed by atoms with Crippen molar-refractivity contribution >= 4 is 92.8 Å². The number of aromatic hydroxyl groups is 1. The van der Waals surface area contributed by atoms with Gasteiger partial charge in [0.1, 0.15) is 46.7 Å². The van der Waals surface area contributed by atoms with Crippen molar-refractivity contribution in [3.63, 3.8) is 0 Å². The maximum absolute atomic E-state index is 14.9. The molecule has 5 aromatic carbocycles. The molecule has 28 nitrogen and oxygen atoms in total. The number of carbonyl (C=O) groups is 11. The van der Waals surface area contributed by atoms with Crippen LogP contribution in [-0.2, 0) is 82.7 Å². The summed E-state index contributed by atoms with van der Waals surface area (Å²) in [6, 6.07) is 27.8. The van der Waals surface area contributed by atoms with E-state index in [0.717, 1.165) is 11.1 Å². The van der Waals surface area contributed by atoms with E-state index in [2.05, 4.69) is 64.6 Å². The first-order chi connectivity index (χ1) is 51.1. The predicted octanol–water partition coefficient (Wildman–Crippen LogP) is 6.77. The summed E-state index contributed by atoms with van der Waals surface area (Å²) < 4.78 is 38.3. The van der Waals surface area contributed by atoms with Crippen molar-refractivity contribution in [1.29, 1.82) is 0 Å². The van der Waals surface area contributed by atoms with Crippen LogP contribution in [0.15, 0.2) is 156 Å². The van der Waals surface area contributed by atoms with E-state index >= 15 is 0 Å². The molecule has 0 radical (unpaired) electrons. The van der Waals surface area contributed by atoms with E-state index in [1.807, 2.05) is 77.9 Å². The molecule has 0 aliphatic carbocycles. The van der Waals surface area contributed by atoms with Gasteiger partial charge in [-0.05, 0) is 134 Å². The quantitative estimate of drug-likeness (QED) is 0.00280. The first-order valence-electron chi connectivity index (χ1n) is 35.5. The number of hydrogen-bond acceptors (Lipinski definition) is 18. The van der Waals surface area contributed by atoms with E-state index in [0.29, 0.717) is 53.7 Å². The number of nitrogens with one attached hydrogen (secondary N) is 9. The second kappa shape index (κ2) is 39.2. The van der Waals surface area contributed by atoms with Crippen LogP contribution in [0.5, 0.6) is 5.75 Å². The molecule has 0 saturated carbocycles. The number of allylic oxidation sites excluding steroid dienone is 1. The van der Waals surface area contributed by atoms with Crippen molar-refractivity contribution in [3.05, 3.63) is 196 Å². The molecule has 6 aromatic rings. The van der Waals surface area contributed by atoms with Gasteiger partial charge in [-0.1, -0.05) is 139 Å². The summed E-state index contributed by atoms with van der Waals surface area (Å²) in [6.07, 6.45) is 3.72. The Balaban J connectivity index is 0.950. The third kappa shape index (κ3) is 25.7. The fraction of sp³-hybridized carbons (Fsp3) is 0.380. The van der Waals surface area contributed by atoms with Gasteiger partial charge in [0.15, 0.2) is 5.76 Å².